The molecule has 0 aliphatic carbocycles. The topological polar surface area (TPSA) is 69.9 Å². The van der Waals surface area contributed by atoms with E-state index in [1.807, 2.05) is 12.1 Å². The highest BCUT2D eigenvalue weighted by atomic mass is 15.5. The van der Waals surface area contributed by atoms with E-state index in [-0.39, 0.29) is 0 Å². The van der Waals surface area contributed by atoms with E-state index in [9.17, 15) is 0 Å². The molecule has 1 aromatic heterocycles. The van der Waals surface area contributed by atoms with Crippen LogP contribution in [-0.2, 0) is 6.42 Å². The second-order valence-electron chi connectivity index (χ2n) is 2.98. The van der Waals surface area contributed by atoms with Crippen molar-refractivity contribution in [2.24, 2.45) is 5.73 Å². The first-order valence-corrected chi connectivity index (χ1v) is 4.23. The number of nitrogens with two attached hydrogens (primary N) is 2. The van der Waals surface area contributed by atoms with E-state index >= 15 is 0 Å². The highest BCUT2D eigenvalue weighted by molar-refractivity contribution is 5.82. The Kier molecular flexibility index (Phi) is 1.90. The van der Waals surface area contributed by atoms with Crippen LogP contribution in [-0.4, -0.2) is 16.4 Å². The van der Waals surface area contributed by atoms with Gasteiger partial charge < -0.3 is 11.6 Å². The molecular formula is C9H12N4. The van der Waals surface area contributed by atoms with Crippen LogP contribution in [0.5, 0.6) is 0 Å². The lowest BCUT2D eigenvalue weighted by molar-refractivity contribution is 0.862. The van der Waals surface area contributed by atoms with Gasteiger partial charge in [0.05, 0.1) is 11.7 Å². The quantitative estimate of drug-likeness (QED) is 0.644. The number of hydrogen-bond donors (Lipinski definition) is 2. The number of rotatable bonds is 2. The van der Waals surface area contributed by atoms with Crippen LogP contribution in [0, 0.1) is 0 Å². The summed E-state index contributed by atoms with van der Waals surface area (Å²) in [7, 11) is 0. The van der Waals surface area contributed by atoms with Crippen LogP contribution < -0.4 is 11.6 Å². The van der Waals surface area contributed by atoms with Crippen LogP contribution >= 0.6 is 0 Å². The second kappa shape index (κ2) is 3.06. The van der Waals surface area contributed by atoms with E-state index in [2.05, 4.69) is 11.2 Å². The molecule has 0 aliphatic rings. The van der Waals surface area contributed by atoms with E-state index in [1.54, 1.807) is 6.20 Å². The summed E-state index contributed by atoms with van der Waals surface area (Å²) in [6.07, 6.45) is 2.64. The number of fused-ring (bicyclic) bond motifs is 1. The van der Waals surface area contributed by atoms with Crippen LogP contribution in [0.3, 0.4) is 0 Å². The summed E-state index contributed by atoms with van der Waals surface area (Å²) in [6.45, 7) is 0.648. The van der Waals surface area contributed by atoms with Gasteiger partial charge in [-0.25, -0.2) is 0 Å². The van der Waals surface area contributed by atoms with E-state index in [1.165, 1.54) is 10.4 Å². The Bertz CT molecular complexity index is 418. The fourth-order valence-electron chi connectivity index (χ4n) is 1.50. The van der Waals surface area contributed by atoms with Crippen molar-refractivity contribution in [1.82, 2.24) is 9.89 Å². The van der Waals surface area contributed by atoms with Gasteiger partial charge in [0.2, 0.25) is 0 Å². The van der Waals surface area contributed by atoms with Crippen LogP contribution in [0.25, 0.3) is 10.9 Å². The van der Waals surface area contributed by atoms with Crippen molar-refractivity contribution in [2.75, 3.05) is 12.4 Å². The Balaban J connectivity index is 2.63. The predicted molar refractivity (Wildman–Crippen MR) is 52.6 cm³/mol. The first kappa shape index (κ1) is 8.07. The van der Waals surface area contributed by atoms with Gasteiger partial charge in [-0.1, -0.05) is 12.1 Å². The summed E-state index contributed by atoms with van der Waals surface area (Å²) in [5.41, 5.74) is 7.66. The molecule has 0 radical (unpaired) electrons. The lowest BCUT2D eigenvalue weighted by atomic mass is 10.1. The molecule has 13 heavy (non-hydrogen) atoms. The van der Waals surface area contributed by atoms with Gasteiger partial charge in [0.1, 0.15) is 0 Å². The zero-order valence-electron chi connectivity index (χ0n) is 7.27. The average Bonchev–Trinajstić information content (AvgIpc) is 2.50. The third-order valence-corrected chi connectivity index (χ3v) is 2.15. The van der Waals surface area contributed by atoms with Crippen molar-refractivity contribution in [3.63, 3.8) is 0 Å². The molecule has 68 valence electrons. The molecule has 0 saturated heterocycles. The van der Waals surface area contributed by atoms with Crippen LogP contribution in [0.1, 0.15) is 5.56 Å². The average molecular weight is 176 g/mol. The summed E-state index contributed by atoms with van der Waals surface area (Å²) >= 11 is 0. The molecule has 2 aromatic rings. The van der Waals surface area contributed by atoms with E-state index in [0.29, 0.717) is 6.54 Å². The number of hydrogen-bond acceptors (Lipinski definition) is 3. The lowest BCUT2D eigenvalue weighted by Gasteiger charge is -2.00. The minimum Gasteiger partial charge on any atom is -0.330 e. The Morgan fingerprint density at radius 1 is 1.38 bits per heavy atom. The molecule has 0 aliphatic heterocycles. The van der Waals surface area contributed by atoms with Crippen molar-refractivity contribution >= 4 is 10.9 Å². The number of nitrogens with zero attached hydrogens (tertiary/aromatic N) is 2. The minimum absolute atomic E-state index is 0.648. The zero-order valence-corrected chi connectivity index (χ0v) is 7.27. The first-order valence-electron chi connectivity index (χ1n) is 4.23. The van der Waals surface area contributed by atoms with Gasteiger partial charge in [0.15, 0.2) is 0 Å². The summed E-state index contributed by atoms with van der Waals surface area (Å²) in [5.74, 6) is 5.62. The summed E-state index contributed by atoms with van der Waals surface area (Å²) in [5, 5.41) is 5.09. The van der Waals surface area contributed by atoms with Gasteiger partial charge in [-0.15, -0.1) is 0 Å². The third kappa shape index (κ3) is 1.25. The molecular weight excluding hydrogens is 164 g/mol. The Morgan fingerprint density at radius 3 is 3.00 bits per heavy atom. The summed E-state index contributed by atoms with van der Waals surface area (Å²) in [6, 6.07) is 5.97. The molecule has 0 saturated carbocycles. The molecule has 0 amide bonds. The van der Waals surface area contributed by atoms with Crippen molar-refractivity contribution in [1.29, 1.82) is 0 Å². The second-order valence-corrected chi connectivity index (χ2v) is 2.98. The molecule has 4 N–H and O–H groups in total. The standard InChI is InChI=1S/C9H12N4/c10-5-4-7-2-1-3-9-8(7)6-12-13(9)11/h1-3,6H,4-5,10-11H2. The lowest BCUT2D eigenvalue weighted by Crippen LogP contribution is -2.09. The highest BCUT2D eigenvalue weighted by Crippen LogP contribution is 2.16. The van der Waals surface area contributed by atoms with Crippen molar-refractivity contribution in [2.45, 2.75) is 6.42 Å². The monoisotopic (exact) mass is 176 g/mol. The van der Waals surface area contributed by atoms with E-state index in [0.717, 1.165) is 17.3 Å². The largest absolute Gasteiger partial charge is 0.330 e. The maximum Gasteiger partial charge on any atom is 0.0918 e. The van der Waals surface area contributed by atoms with Gasteiger partial charge >= 0.3 is 0 Å². The molecule has 2 rings (SSSR count). The molecule has 4 heteroatoms. The van der Waals surface area contributed by atoms with Crippen LogP contribution in [0.2, 0.25) is 0 Å². The molecule has 1 aromatic carbocycles. The molecule has 4 nitrogen and oxygen atoms in total. The van der Waals surface area contributed by atoms with Crippen molar-refractivity contribution < 1.29 is 0 Å². The zero-order chi connectivity index (χ0) is 9.26. The minimum atomic E-state index is 0.648. The van der Waals surface area contributed by atoms with Gasteiger partial charge in [0, 0.05) is 5.39 Å². The number of benzene rings is 1. The normalized spacial score (nSPS) is 10.8. The number of aromatic nitrogens is 2. The molecule has 0 atom stereocenters. The maximum atomic E-state index is 5.62. The van der Waals surface area contributed by atoms with E-state index in [4.69, 9.17) is 11.6 Å². The first-order chi connectivity index (χ1) is 6.33. The van der Waals surface area contributed by atoms with Gasteiger partial charge in [-0.05, 0) is 24.6 Å². The fraction of sp³-hybridized carbons (Fsp3) is 0.222. The van der Waals surface area contributed by atoms with Crippen molar-refractivity contribution in [3.8, 4) is 0 Å². The fourth-order valence-corrected chi connectivity index (χ4v) is 1.50. The molecule has 1 heterocycles. The molecule has 0 fully saturated rings. The Hall–Kier alpha value is -1.55. The molecule has 0 bridgehead atoms. The highest BCUT2D eigenvalue weighted by Gasteiger charge is 2.03. The summed E-state index contributed by atoms with van der Waals surface area (Å²) in [4.78, 5) is 1.38. The van der Waals surface area contributed by atoms with Crippen LogP contribution in [0.4, 0.5) is 0 Å². The SMILES string of the molecule is NCCc1cccc2c1cnn2N. The van der Waals surface area contributed by atoms with E-state index < -0.39 is 0 Å². The van der Waals surface area contributed by atoms with Crippen LogP contribution in [0.15, 0.2) is 24.4 Å². The molecule has 0 spiro atoms. The van der Waals surface area contributed by atoms with Gasteiger partial charge in [-0.2, -0.15) is 9.89 Å². The van der Waals surface area contributed by atoms with Gasteiger partial charge in [0.25, 0.3) is 0 Å². The maximum absolute atomic E-state index is 5.62. The number of nitrogen functional groups attached to an aromatic ring is 1. The Morgan fingerprint density at radius 2 is 2.23 bits per heavy atom. The third-order valence-electron chi connectivity index (χ3n) is 2.15. The molecule has 0 unspecified atom stereocenters. The smallest absolute Gasteiger partial charge is 0.0918 e. The predicted octanol–water partition coefficient (Wildman–Crippen LogP) is 0.251. The van der Waals surface area contributed by atoms with Gasteiger partial charge in [-0.3, -0.25) is 0 Å². The summed E-state index contributed by atoms with van der Waals surface area (Å²) < 4.78 is 0. The Labute approximate surface area is 76.1 Å². The van der Waals surface area contributed by atoms with Crippen molar-refractivity contribution in [3.05, 3.63) is 30.0 Å².